The van der Waals surface area contributed by atoms with Crippen LogP contribution in [0.5, 0.6) is 0 Å². The van der Waals surface area contributed by atoms with Crippen molar-refractivity contribution in [2.45, 2.75) is 19.5 Å². The SMILES string of the molecule is CN1CN(Cc2cccc(Br)c2)CC2=C1CCN(Cc1ccccc1)C2. The molecule has 4 heteroatoms. The maximum absolute atomic E-state index is 3.59. The van der Waals surface area contributed by atoms with Gasteiger partial charge in [-0.25, -0.2) is 0 Å². The molecule has 26 heavy (non-hydrogen) atoms. The highest BCUT2D eigenvalue weighted by molar-refractivity contribution is 9.10. The summed E-state index contributed by atoms with van der Waals surface area (Å²) in [6.45, 7) is 6.39. The highest BCUT2D eigenvalue weighted by atomic mass is 79.9. The topological polar surface area (TPSA) is 9.72 Å². The molecule has 0 amide bonds. The number of halogens is 1. The lowest BCUT2D eigenvalue weighted by molar-refractivity contribution is 0.133. The Morgan fingerprint density at radius 1 is 0.885 bits per heavy atom. The van der Waals surface area contributed by atoms with Crippen LogP contribution in [0.4, 0.5) is 0 Å². The molecular formula is C22H26BrN3. The number of benzene rings is 2. The minimum Gasteiger partial charge on any atom is -0.365 e. The summed E-state index contributed by atoms with van der Waals surface area (Å²) in [5.41, 5.74) is 5.94. The molecule has 0 atom stereocenters. The molecule has 0 radical (unpaired) electrons. The minimum absolute atomic E-state index is 0.999. The molecule has 0 aromatic heterocycles. The van der Waals surface area contributed by atoms with Crippen molar-refractivity contribution in [3.63, 3.8) is 0 Å². The molecule has 0 bridgehead atoms. The van der Waals surface area contributed by atoms with Crippen molar-refractivity contribution in [1.82, 2.24) is 14.7 Å². The van der Waals surface area contributed by atoms with Gasteiger partial charge in [0.15, 0.2) is 0 Å². The van der Waals surface area contributed by atoms with Gasteiger partial charge in [-0.05, 0) is 28.8 Å². The number of nitrogens with zero attached hydrogens (tertiary/aromatic N) is 3. The van der Waals surface area contributed by atoms with Crippen LogP contribution in [0, 0.1) is 0 Å². The summed E-state index contributed by atoms with van der Waals surface area (Å²) < 4.78 is 1.16. The third-order valence-corrected chi connectivity index (χ3v) is 5.81. The predicted molar refractivity (Wildman–Crippen MR) is 111 cm³/mol. The van der Waals surface area contributed by atoms with E-state index in [1.165, 1.54) is 17.5 Å². The largest absolute Gasteiger partial charge is 0.365 e. The second-order valence-electron chi connectivity index (χ2n) is 7.45. The van der Waals surface area contributed by atoms with Crippen molar-refractivity contribution in [3.8, 4) is 0 Å². The van der Waals surface area contributed by atoms with Crippen LogP contribution in [0.3, 0.4) is 0 Å². The minimum atomic E-state index is 0.999. The van der Waals surface area contributed by atoms with Crippen LogP contribution < -0.4 is 0 Å². The van der Waals surface area contributed by atoms with Gasteiger partial charge in [-0.1, -0.05) is 58.4 Å². The second kappa shape index (κ2) is 7.95. The zero-order chi connectivity index (χ0) is 17.9. The van der Waals surface area contributed by atoms with Gasteiger partial charge in [-0.2, -0.15) is 0 Å². The quantitative estimate of drug-likeness (QED) is 0.741. The Balaban J connectivity index is 1.43. The molecule has 2 heterocycles. The average Bonchev–Trinajstić information content (AvgIpc) is 2.62. The van der Waals surface area contributed by atoms with E-state index in [9.17, 15) is 0 Å². The highest BCUT2D eigenvalue weighted by Gasteiger charge is 2.27. The van der Waals surface area contributed by atoms with Gasteiger partial charge < -0.3 is 4.90 Å². The molecule has 0 saturated carbocycles. The van der Waals surface area contributed by atoms with Gasteiger partial charge in [0.05, 0.1) is 6.67 Å². The number of hydrogen-bond donors (Lipinski definition) is 0. The molecule has 0 spiro atoms. The summed E-state index contributed by atoms with van der Waals surface area (Å²) in [5.74, 6) is 0. The second-order valence-corrected chi connectivity index (χ2v) is 8.37. The molecule has 2 aliphatic rings. The third kappa shape index (κ3) is 4.20. The fourth-order valence-corrected chi connectivity index (χ4v) is 4.61. The molecule has 0 saturated heterocycles. The van der Waals surface area contributed by atoms with Gasteiger partial charge in [0.25, 0.3) is 0 Å². The van der Waals surface area contributed by atoms with Gasteiger partial charge in [0, 0.05) is 56.4 Å². The zero-order valence-electron chi connectivity index (χ0n) is 15.4. The lowest BCUT2D eigenvalue weighted by Crippen LogP contribution is -2.47. The summed E-state index contributed by atoms with van der Waals surface area (Å²) in [5, 5.41) is 0. The van der Waals surface area contributed by atoms with Crippen molar-refractivity contribution in [2.24, 2.45) is 0 Å². The van der Waals surface area contributed by atoms with Crippen molar-refractivity contribution < 1.29 is 0 Å². The molecule has 0 aliphatic carbocycles. The lowest BCUT2D eigenvalue weighted by Gasteiger charge is -2.43. The van der Waals surface area contributed by atoms with Crippen molar-refractivity contribution in [2.75, 3.05) is 33.4 Å². The van der Waals surface area contributed by atoms with E-state index in [4.69, 9.17) is 0 Å². The first-order valence-electron chi connectivity index (χ1n) is 9.32. The zero-order valence-corrected chi connectivity index (χ0v) is 17.0. The Bertz CT molecular complexity index is 787. The molecular weight excluding hydrogens is 386 g/mol. The van der Waals surface area contributed by atoms with E-state index in [2.05, 4.69) is 92.3 Å². The van der Waals surface area contributed by atoms with Gasteiger partial charge in [-0.3, -0.25) is 9.80 Å². The van der Waals surface area contributed by atoms with Crippen LogP contribution in [-0.4, -0.2) is 48.1 Å². The number of hydrogen-bond acceptors (Lipinski definition) is 3. The first kappa shape index (κ1) is 17.8. The van der Waals surface area contributed by atoms with Crippen molar-refractivity contribution in [1.29, 1.82) is 0 Å². The average molecular weight is 412 g/mol. The molecule has 0 unspecified atom stereocenters. The molecule has 2 aromatic carbocycles. The van der Waals surface area contributed by atoms with Crippen LogP contribution in [0.25, 0.3) is 0 Å². The standard InChI is InChI=1S/C22H26BrN3/c1-24-17-26(14-19-8-5-9-21(23)12-19)16-20-15-25(11-10-22(20)24)13-18-6-3-2-4-7-18/h2-9,12H,10-11,13-17H2,1H3. The summed E-state index contributed by atoms with van der Waals surface area (Å²) in [6.07, 6.45) is 1.17. The van der Waals surface area contributed by atoms with E-state index in [0.29, 0.717) is 0 Å². The van der Waals surface area contributed by atoms with Gasteiger partial charge >= 0.3 is 0 Å². The smallest absolute Gasteiger partial charge is 0.0706 e. The van der Waals surface area contributed by atoms with E-state index in [0.717, 1.165) is 43.9 Å². The van der Waals surface area contributed by atoms with Crippen LogP contribution in [0.15, 0.2) is 70.3 Å². The fourth-order valence-electron chi connectivity index (χ4n) is 4.16. The van der Waals surface area contributed by atoms with E-state index >= 15 is 0 Å². The monoisotopic (exact) mass is 411 g/mol. The summed E-state index contributed by atoms with van der Waals surface area (Å²) in [4.78, 5) is 7.59. The third-order valence-electron chi connectivity index (χ3n) is 5.32. The first-order chi connectivity index (χ1) is 12.7. The Morgan fingerprint density at radius 2 is 1.62 bits per heavy atom. The normalized spacial score (nSPS) is 18.9. The molecule has 0 fully saturated rings. The maximum Gasteiger partial charge on any atom is 0.0706 e. The van der Waals surface area contributed by atoms with Crippen LogP contribution in [-0.2, 0) is 13.1 Å². The molecule has 136 valence electrons. The summed E-state index contributed by atoms with van der Waals surface area (Å²) >= 11 is 3.59. The van der Waals surface area contributed by atoms with Crippen molar-refractivity contribution in [3.05, 3.63) is 81.5 Å². The van der Waals surface area contributed by atoms with Crippen LogP contribution in [0.2, 0.25) is 0 Å². The summed E-state index contributed by atoms with van der Waals surface area (Å²) in [7, 11) is 2.25. The van der Waals surface area contributed by atoms with Crippen molar-refractivity contribution >= 4 is 15.9 Å². The van der Waals surface area contributed by atoms with E-state index < -0.39 is 0 Å². The molecule has 3 nitrogen and oxygen atoms in total. The van der Waals surface area contributed by atoms with E-state index in [1.54, 1.807) is 11.3 Å². The molecule has 2 aromatic rings. The first-order valence-corrected chi connectivity index (χ1v) is 10.1. The number of rotatable bonds is 4. The van der Waals surface area contributed by atoms with Gasteiger partial charge in [0.2, 0.25) is 0 Å². The van der Waals surface area contributed by atoms with Crippen LogP contribution in [0.1, 0.15) is 17.5 Å². The maximum atomic E-state index is 3.59. The molecule has 2 aliphatic heterocycles. The molecule has 0 N–H and O–H groups in total. The lowest BCUT2D eigenvalue weighted by atomic mass is 10.0. The Labute approximate surface area is 165 Å². The predicted octanol–water partition coefficient (Wildman–Crippen LogP) is 4.31. The highest BCUT2D eigenvalue weighted by Crippen LogP contribution is 2.27. The Morgan fingerprint density at radius 3 is 2.42 bits per heavy atom. The van der Waals surface area contributed by atoms with Gasteiger partial charge in [-0.15, -0.1) is 0 Å². The Hall–Kier alpha value is -1.62. The Kier molecular flexibility index (Phi) is 5.44. The van der Waals surface area contributed by atoms with Crippen LogP contribution >= 0.6 is 15.9 Å². The van der Waals surface area contributed by atoms with Gasteiger partial charge in [0.1, 0.15) is 0 Å². The summed E-state index contributed by atoms with van der Waals surface area (Å²) in [6, 6.07) is 19.5. The van der Waals surface area contributed by atoms with E-state index in [-0.39, 0.29) is 0 Å². The van der Waals surface area contributed by atoms with E-state index in [1.807, 2.05) is 0 Å². The molecule has 4 rings (SSSR count). The fraction of sp³-hybridized carbons (Fsp3) is 0.364.